The standard InChI is InChI=1S/C11H16FNO/c1-2-11(13)9-3-5-10(6-4-9)14-8-7-12/h3-6,11H,2,7-8,13H2,1H3/t11-/m0/s1. The summed E-state index contributed by atoms with van der Waals surface area (Å²) in [6, 6.07) is 7.55. The predicted octanol–water partition coefficient (Wildman–Crippen LogP) is 2.44. The number of alkyl halides is 1. The Bertz CT molecular complexity index is 260. The van der Waals surface area contributed by atoms with Crippen molar-refractivity contribution in [3.8, 4) is 5.75 Å². The number of rotatable bonds is 5. The molecule has 2 N–H and O–H groups in total. The van der Waals surface area contributed by atoms with Gasteiger partial charge in [-0.2, -0.15) is 0 Å². The van der Waals surface area contributed by atoms with E-state index in [9.17, 15) is 4.39 Å². The minimum atomic E-state index is -0.462. The Kier molecular flexibility index (Phi) is 4.40. The number of nitrogens with two attached hydrogens (primary N) is 1. The second-order valence-corrected chi connectivity index (χ2v) is 3.12. The van der Waals surface area contributed by atoms with Crippen molar-refractivity contribution in [2.75, 3.05) is 13.3 Å². The van der Waals surface area contributed by atoms with Crippen molar-refractivity contribution in [3.63, 3.8) is 0 Å². The zero-order valence-corrected chi connectivity index (χ0v) is 8.37. The quantitative estimate of drug-likeness (QED) is 0.786. The van der Waals surface area contributed by atoms with Crippen LogP contribution in [0.4, 0.5) is 4.39 Å². The maximum absolute atomic E-state index is 11.8. The second-order valence-electron chi connectivity index (χ2n) is 3.12. The van der Waals surface area contributed by atoms with Crippen LogP contribution < -0.4 is 10.5 Å². The number of benzene rings is 1. The summed E-state index contributed by atoms with van der Waals surface area (Å²) in [5.41, 5.74) is 6.93. The van der Waals surface area contributed by atoms with Gasteiger partial charge in [0, 0.05) is 6.04 Å². The van der Waals surface area contributed by atoms with Crippen LogP contribution in [0.25, 0.3) is 0 Å². The SMILES string of the molecule is CC[C@H](N)c1ccc(OCCF)cc1. The fraction of sp³-hybridized carbons (Fsp3) is 0.455. The lowest BCUT2D eigenvalue weighted by Gasteiger charge is -2.10. The van der Waals surface area contributed by atoms with Crippen LogP contribution in [0.2, 0.25) is 0 Å². The topological polar surface area (TPSA) is 35.2 Å². The van der Waals surface area contributed by atoms with Gasteiger partial charge in [0.15, 0.2) is 0 Å². The van der Waals surface area contributed by atoms with E-state index in [2.05, 4.69) is 0 Å². The molecule has 0 amide bonds. The smallest absolute Gasteiger partial charge is 0.123 e. The minimum absolute atomic E-state index is 0.0743. The molecule has 3 heteroatoms. The highest BCUT2D eigenvalue weighted by Gasteiger charge is 2.02. The van der Waals surface area contributed by atoms with Crippen molar-refractivity contribution in [1.82, 2.24) is 0 Å². The highest BCUT2D eigenvalue weighted by atomic mass is 19.1. The van der Waals surface area contributed by atoms with Crippen molar-refractivity contribution < 1.29 is 9.13 Å². The van der Waals surface area contributed by atoms with E-state index >= 15 is 0 Å². The molecule has 0 bridgehead atoms. The third kappa shape index (κ3) is 3.00. The van der Waals surface area contributed by atoms with Gasteiger partial charge in [-0.25, -0.2) is 4.39 Å². The van der Waals surface area contributed by atoms with Crippen LogP contribution in [0.1, 0.15) is 24.9 Å². The van der Waals surface area contributed by atoms with Gasteiger partial charge < -0.3 is 10.5 Å². The van der Waals surface area contributed by atoms with Crippen LogP contribution in [0, 0.1) is 0 Å². The molecular formula is C11H16FNO. The first-order valence-electron chi connectivity index (χ1n) is 4.82. The Morgan fingerprint density at radius 3 is 2.50 bits per heavy atom. The Hall–Kier alpha value is -1.09. The normalized spacial score (nSPS) is 12.5. The van der Waals surface area contributed by atoms with Crippen molar-refractivity contribution in [1.29, 1.82) is 0 Å². The van der Waals surface area contributed by atoms with Gasteiger partial charge in [-0.15, -0.1) is 0 Å². The molecule has 0 aliphatic heterocycles. The molecule has 78 valence electrons. The lowest BCUT2D eigenvalue weighted by molar-refractivity contribution is 0.273. The number of halogens is 1. The van der Waals surface area contributed by atoms with Gasteiger partial charge in [-0.05, 0) is 24.1 Å². The van der Waals surface area contributed by atoms with Gasteiger partial charge in [0.1, 0.15) is 19.0 Å². The molecule has 0 aliphatic rings. The van der Waals surface area contributed by atoms with E-state index in [0.717, 1.165) is 12.0 Å². The summed E-state index contributed by atoms with van der Waals surface area (Å²) in [5.74, 6) is 0.690. The predicted molar refractivity (Wildman–Crippen MR) is 55.1 cm³/mol. The summed E-state index contributed by atoms with van der Waals surface area (Å²) in [4.78, 5) is 0. The summed E-state index contributed by atoms with van der Waals surface area (Å²) in [6.45, 7) is 1.69. The summed E-state index contributed by atoms with van der Waals surface area (Å²) in [6.07, 6.45) is 0.907. The monoisotopic (exact) mass is 197 g/mol. The molecule has 0 heterocycles. The first kappa shape index (κ1) is 11.0. The molecule has 0 spiro atoms. The lowest BCUT2D eigenvalue weighted by Crippen LogP contribution is -2.08. The maximum atomic E-state index is 11.8. The van der Waals surface area contributed by atoms with E-state index in [1.807, 2.05) is 31.2 Å². The molecule has 0 saturated heterocycles. The highest BCUT2D eigenvalue weighted by Crippen LogP contribution is 2.17. The fourth-order valence-corrected chi connectivity index (χ4v) is 1.20. The van der Waals surface area contributed by atoms with Crippen molar-refractivity contribution in [2.24, 2.45) is 5.73 Å². The summed E-state index contributed by atoms with van der Waals surface area (Å²) in [5, 5.41) is 0. The molecule has 2 nitrogen and oxygen atoms in total. The van der Waals surface area contributed by atoms with Gasteiger partial charge in [-0.1, -0.05) is 19.1 Å². The molecule has 1 aromatic rings. The van der Waals surface area contributed by atoms with Crippen LogP contribution >= 0.6 is 0 Å². The first-order valence-corrected chi connectivity index (χ1v) is 4.82. The second kappa shape index (κ2) is 5.60. The van der Waals surface area contributed by atoms with E-state index in [-0.39, 0.29) is 12.6 Å². The van der Waals surface area contributed by atoms with Gasteiger partial charge in [0.2, 0.25) is 0 Å². The molecular weight excluding hydrogens is 181 g/mol. The number of hydrogen-bond donors (Lipinski definition) is 1. The van der Waals surface area contributed by atoms with Crippen LogP contribution in [0.15, 0.2) is 24.3 Å². The van der Waals surface area contributed by atoms with Crippen LogP contribution in [0.5, 0.6) is 5.75 Å². The minimum Gasteiger partial charge on any atom is -0.491 e. The molecule has 1 aromatic carbocycles. The Labute approximate surface area is 83.9 Å². The zero-order chi connectivity index (χ0) is 10.4. The van der Waals surface area contributed by atoms with E-state index in [4.69, 9.17) is 10.5 Å². The summed E-state index contributed by atoms with van der Waals surface area (Å²) < 4.78 is 16.9. The van der Waals surface area contributed by atoms with Gasteiger partial charge in [0.25, 0.3) is 0 Å². The Balaban J connectivity index is 2.59. The van der Waals surface area contributed by atoms with Crippen molar-refractivity contribution in [3.05, 3.63) is 29.8 Å². The molecule has 0 unspecified atom stereocenters. The van der Waals surface area contributed by atoms with E-state index in [0.29, 0.717) is 5.75 Å². The van der Waals surface area contributed by atoms with Gasteiger partial charge >= 0.3 is 0 Å². The molecule has 1 rings (SSSR count). The average Bonchev–Trinajstić information content (AvgIpc) is 2.26. The van der Waals surface area contributed by atoms with Gasteiger partial charge in [-0.3, -0.25) is 0 Å². The third-order valence-corrected chi connectivity index (χ3v) is 2.09. The summed E-state index contributed by atoms with van der Waals surface area (Å²) in [7, 11) is 0. The Morgan fingerprint density at radius 2 is 2.00 bits per heavy atom. The number of ether oxygens (including phenoxy) is 1. The van der Waals surface area contributed by atoms with Crippen LogP contribution in [-0.4, -0.2) is 13.3 Å². The summed E-state index contributed by atoms with van der Waals surface area (Å²) >= 11 is 0. The third-order valence-electron chi connectivity index (χ3n) is 2.09. The van der Waals surface area contributed by atoms with Crippen LogP contribution in [0.3, 0.4) is 0 Å². The molecule has 0 fully saturated rings. The zero-order valence-electron chi connectivity index (χ0n) is 8.37. The van der Waals surface area contributed by atoms with E-state index in [1.54, 1.807) is 0 Å². The maximum Gasteiger partial charge on any atom is 0.123 e. The van der Waals surface area contributed by atoms with Gasteiger partial charge in [0.05, 0.1) is 0 Å². The molecule has 0 aliphatic carbocycles. The lowest BCUT2D eigenvalue weighted by atomic mass is 10.1. The largest absolute Gasteiger partial charge is 0.491 e. The molecule has 14 heavy (non-hydrogen) atoms. The van der Waals surface area contributed by atoms with E-state index < -0.39 is 6.67 Å². The van der Waals surface area contributed by atoms with E-state index in [1.165, 1.54) is 0 Å². The fourth-order valence-electron chi connectivity index (χ4n) is 1.20. The molecule has 0 saturated carbocycles. The average molecular weight is 197 g/mol. The molecule has 0 radical (unpaired) electrons. The molecule has 0 aromatic heterocycles. The van der Waals surface area contributed by atoms with Crippen LogP contribution in [-0.2, 0) is 0 Å². The van der Waals surface area contributed by atoms with Crippen molar-refractivity contribution >= 4 is 0 Å². The molecule has 1 atom stereocenters. The Morgan fingerprint density at radius 1 is 1.36 bits per heavy atom. The van der Waals surface area contributed by atoms with Crippen molar-refractivity contribution in [2.45, 2.75) is 19.4 Å². The highest BCUT2D eigenvalue weighted by molar-refractivity contribution is 5.28. The number of hydrogen-bond acceptors (Lipinski definition) is 2. The first-order chi connectivity index (χ1) is 6.77.